The second-order valence-electron chi connectivity index (χ2n) is 3.20. The second kappa shape index (κ2) is 6.98. The van der Waals surface area contributed by atoms with E-state index in [0.29, 0.717) is 11.5 Å². The van der Waals surface area contributed by atoms with Crippen LogP contribution in [0.1, 0.15) is 34.1 Å². The number of hydrogen-bond acceptors (Lipinski definition) is 3. The van der Waals surface area contributed by atoms with Crippen molar-refractivity contribution in [3.05, 3.63) is 23.1 Å². The molecule has 0 spiro atoms. The fourth-order valence-corrected chi connectivity index (χ4v) is 0.985. The zero-order valence-corrected chi connectivity index (χ0v) is 10.1. The van der Waals surface area contributed by atoms with Gasteiger partial charge >= 0.3 is 0 Å². The lowest BCUT2D eigenvalue weighted by molar-refractivity contribution is -0.113. The molecule has 0 aromatic carbocycles. The fourth-order valence-electron chi connectivity index (χ4n) is 0.985. The van der Waals surface area contributed by atoms with Crippen LogP contribution in [0, 0.1) is 0 Å². The maximum absolute atomic E-state index is 11.1. The van der Waals surface area contributed by atoms with Crippen molar-refractivity contribution >= 4 is 12.0 Å². The standard InChI is InChI=1S/C12H19NO2/c1-6-9(3)12(15-5)13-8-11(7-2)10(4)14/h7-8H,6H2,1-5H3/b11-7+,12-9-,13-8-. The highest BCUT2D eigenvalue weighted by molar-refractivity contribution is 6.12. The number of carbonyl (C=O) groups is 1. The van der Waals surface area contributed by atoms with E-state index in [2.05, 4.69) is 4.99 Å². The van der Waals surface area contributed by atoms with Crippen molar-refractivity contribution in [1.82, 2.24) is 0 Å². The number of Topliss-reactive ketones (excluding diaryl/α,β-unsaturated/α-hetero) is 1. The van der Waals surface area contributed by atoms with Gasteiger partial charge in [0, 0.05) is 11.8 Å². The summed E-state index contributed by atoms with van der Waals surface area (Å²) in [5.41, 5.74) is 1.65. The van der Waals surface area contributed by atoms with Crippen LogP contribution >= 0.6 is 0 Å². The summed E-state index contributed by atoms with van der Waals surface area (Å²) in [7, 11) is 1.58. The van der Waals surface area contributed by atoms with Crippen LogP contribution < -0.4 is 0 Å². The first-order valence-corrected chi connectivity index (χ1v) is 5.01. The Morgan fingerprint density at radius 1 is 1.40 bits per heavy atom. The Morgan fingerprint density at radius 2 is 2.00 bits per heavy atom. The predicted octanol–water partition coefficient (Wildman–Crippen LogP) is 2.88. The zero-order valence-electron chi connectivity index (χ0n) is 10.1. The van der Waals surface area contributed by atoms with Gasteiger partial charge in [-0.25, -0.2) is 4.99 Å². The summed E-state index contributed by atoms with van der Waals surface area (Å²) in [5, 5.41) is 0. The Bertz CT molecular complexity index is 312. The lowest BCUT2D eigenvalue weighted by atomic mass is 10.2. The van der Waals surface area contributed by atoms with Gasteiger partial charge in [-0.3, -0.25) is 4.79 Å². The number of allylic oxidation sites excluding steroid dienone is 3. The molecule has 0 saturated heterocycles. The lowest BCUT2D eigenvalue weighted by Crippen LogP contribution is -1.98. The Labute approximate surface area is 91.5 Å². The number of nitrogens with zero attached hydrogens (tertiary/aromatic N) is 1. The normalized spacial score (nSPS) is 14.1. The first-order chi connectivity index (χ1) is 7.06. The summed E-state index contributed by atoms with van der Waals surface area (Å²) in [6.07, 6.45) is 4.16. The molecule has 0 saturated carbocycles. The van der Waals surface area contributed by atoms with Gasteiger partial charge < -0.3 is 4.74 Å². The van der Waals surface area contributed by atoms with E-state index in [9.17, 15) is 4.79 Å². The van der Waals surface area contributed by atoms with E-state index >= 15 is 0 Å². The number of ether oxygens (including phenoxy) is 1. The molecule has 0 amide bonds. The minimum atomic E-state index is 0.00542. The molecule has 0 atom stereocenters. The number of rotatable bonds is 5. The summed E-state index contributed by atoms with van der Waals surface area (Å²) in [4.78, 5) is 15.2. The Balaban J connectivity index is 4.84. The monoisotopic (exact) mass is 209 g/mol. The molecule has 0 aliphatic heterocycles. The van der Waals surface area contributed by atoms with E-state index in [4.69, 9.17) is 4.74 Å². The zero-order chi connectivity index (χ0) is 11.8. The van der Waals surface area contributed by atoms with Crippen molar-refractivity contribution in [2.75, 3.05) is 7.11 Å². The molecule has 0 radical (unpaired) electrons. The third-order valence-electron chi connectivity index (χ3n) is 2.13. The van der Waals surface area contributed by atoms with Crippen LogP contribution in [0.3, 0.4) is 0 Å². The highest BCUT2D eigenvalue weighted by Gasteiger charge is 2.01. The molecule has 0 heterocycles. The van der Waals surface area contributed by atoms with Crippen molar-refractivity contribution < 1.29 is 9.53 Å². The maximum atomic E-state index is 11.1. The van der Waals surface area contributed by atoms with Crippen LogP contribution in [0.15, 0.2) is 28.1 Å². The van der Waals surface area contributed by atoms with Crippen molar-refractivity contribution in [2.45, 2.75) is 34.1 Å². The van der Waals surface area contributed by atoms with Crippen LogP contribution in [-0.2, 0) is 9.53 Å². The quantitative estimate of drug-likeness (QED) is 0.397. The average molecular weight is 209 g/mol. The molecule has 0 bridgehead atoms. The van der Waals surface area contributed by atoms with Crippen molar-refractivity contribution in [3.8, 4) is 0 Å². The number of ketones is 1. The molecular weight excluding hydrogens is 190 g/mol. The van der Waals surface area contributed by atoms with Crippen molar-refractivity contribution in [3.63, 3.8) is 0 Å². The van der Waals surface area contributed by atoms with E-state index < -0.39 is 0 Å². The van der Waals surface area contributed by atoms with Crippen LogP contribution in [0.5, 0.6) is 0 Å². The highest BCUT2D eigenvalue weighted by atomic mass is 16.5. The van der Waals surface area contributed by atoms with Crippen LogP contribution in [0.4, 0.5) is 0 Å². The van der Waals surface area contributed by atoms with Gasteiger partial charge in [0.15, 0.2) is 5.78 Å². The topological polar surface area (TPSA) is 38.7 Å². The molecular formula is C12H19NO2. The predicted molar refractivity (Wildman–Crippen MR) is 62.9 cm³/mol. The van der Waals surface area contributed by atoms with E-state index in [1.807, 2.05) is 20.8 Å². The Morgan fingerprint density at radius 3 is 2.33 bits per heavy atom. The molecule has 3 nitrogen and oxygen atoms in total. The molecule has 0 aliphatic rings. The molecule has 84 valence electrons. The van der Waals surface area contributed by atoms with Crippen molar-refractivity contribution in [1.29, 1.82) is 0 Å². The third kappa shape index (κ3) is 4.58. The summed E-state index contributed by atoms with van der Waals surface area (Å²) in [5.74, 6) is 0.587. The second-order valence-corrected chi connectivity index (χ2v) is 3.20. The van der Waals surface area contributed by atoms with Gasteiger partial charge in [0.05, 0.1) is 7.11 Å². The summed E-state index contributed by atoms with van der Waals surface area (Å²) >= 11 is 0. The molecule has 0 N–H and O–H groups in total. The summed E-state index contributed by atoms with van der Waals surface area (Å²) in [6, 6.07) is 0. The molecule has 0 aromatic rings. The highest BCUT2D eigenvalue weighted by Crippen LogP contribution is 2.09. The Kier molecular flexibility index (Phi) is 6.34. The molecule has 0 unspecified atom stereocenters. The fraction of sp³-hybridized carbons (Fsp3) is 0.500. The molecule has 3 heteroatoms. The van der Waals surface area contributed by atoms with Gasteiger partial charge in [-0.15, -0.1) is 0 Å². The van der Waals surface area contributed by atoms with E-state index in [0.717, 1.165) is 12.0 Å². The number of methoxy groups -OCH3 is 1. The van der Waals surface area contributed by atoms with Gasteiger partial charge in [0.2, 0.25) is 5.88 Å². The first kappa shape index (κ1) is 13.6. The maximum Gasteiger partial charge on any atom is 0.211 e. The number of carbonyl (C=O) groups excluding carboxylic acids is 1. The van der Waals surface area contributed by atoms with Crippen LogP contribution in [0.2, 0.25) is 0 Å². The smallest absolute Gasteiger partial charge is 0.211 e. The Hall–Kier alpha value is -1.38. The molecule has 15 heavy (non-hydrogen) atoms. The van der Waals surface area contributed by atoms with Gasteiger partial charge in [-0.2, -0.15) is 0 Å². The molecule has 0 fully saturated rings. The van der Waals surface area contributed by atoms with Crippen LogP contribution in [0.25, 0.3) is 0 Å². The van der Waals surface area contributed by atoms with Gasteiger partial charge in [0.25, 0.3) is 0 Å². The minimum absolute atomic E-state index is 0.00542. The first-order valence-electron chi connectivity index (χ1n) is 5.01. The summed E-state index contributed by atoms with van der Waals surface area (Å²) < 4.78 is 5.12. The van der Waals surface area contributed by atoms with Gasteiger partial charge in [0.1, 0.15) is 0 Å². The van der Waals surface area contributed by atoms with Crippen LogP contribution in [-0.4, -0.2) is 19.1 Å². The largest absolute Gasteiger partial charge is 0.481 e. The number of aliphatic imine (C=N–C) groups is 1. The molecule has 0 aliphatic carbocycles. The van der Waals surface area contributed by atoms with Gasteiger partial charge in [-0.05, 0) is 32.8 Å². The number of hydrogen-bond donors (Lipinski definition) is 0. The van der Waals surface area contributed by atoms with Gasteiger partial charge in [-0.1, -0.05) is 13.0 Å². The summed E-state index contributed by atoms with van der Waals surface area (Å²) in [6.45, 7) is 7.32. The molecule has 0 rings (SSSR count). The minimum Gasteiger partial charge on any atom is -0.481 e. The third-order valence-corrected chi connectivity index (χ3v) is 2.13. The van der Waals surface area contributed by atoms with E-state index in [-0.39, 0.29) is 5.78 Å². The molecule has 0 aromatic heterocycles. The van der Waals surface area contributed by atoms with Crippen molar-refractivity contribution in [2.24, 2.45) is 4.99 Å². The SMILES string of the molecule is C\C=C(/C=N\C(OC)=C(/C)CC)C(C)=O. The van der Waals surface area contributed by atoms with E-state index in [1.54, 1.807) is 19.4 Å². The average Bonchev–Trinajstić information content (AvgIpc) is 2.23. The lowest BCUT2D eigenvalue weighted by Gasteiger charge is -2.03. The van der Waals surface area contributed by atoms with E-state index in [1.165, 1.54) is 6.92 Å².